The van der Waals surface area contributed by atoms with Gasteiger partial charge in [-0.25, -0.2) is 4.79 Å². The monoisotopic (exact) mass is 312 g/mol. The molecule has 0 bridgehead atoms. The van der Waals surface area contributed by atoms with Crippen molar-refractivity contribution in [1.82, 2.24) is 9.78 Å². The van der Waals surface area contributed by atoms with E-state index in [9.17, 15) is 18.0 Å². The minimum atomic E-state index is -4.62. The molecule has 1 aromatic carbocycles. The molecule has 0 aliphatic carbocycles. The van der Waals surface area contributed by atoms with Gasteiger partial charge in [-0.1, -0.05) is 35.5 Å². The van der Waals surface area contributed by atoms with Gasteiger partial charge >= 0.3 is 12.1 Å². The van der Waals surface area contributed by atoms with E-state index in [-0.39, 0.29) is 5.84 Å². The van der Waals surface area contributed by atoms with E-state index in [1.54, 1.807) is 30.3 Å². The quantitative estimate of drug-likeness (QED) is 0.406. The predicted molar refractivity (Wildman–Crippen MR) is 70.8 cm³/mol. The van der Waals surface area contributed by atoms with E-state index in [4.69, 9.17) is 5.73 Å². The number of aromatic nitrogens is 2. The van der Waals surface area contributed by atoms with Crippen LogP contribution in [0.1, 0.15) is 21.7 Å². The first-order chi connectivity index (χ1) is 10.3. The van der Waals surface area contributed by atoms with E-state index in [1.807, 2.05) is 0 Å². The van der Waals surface area contributed by atoms with E-state index >= 15 is 0 Å². The van der Waals surface area contributed by atoms with Crippen molar-refractivity contribution >= 4 is 11.8 Å². The van der Waals surface area contributed by atoms with Gasteiger partial charge in [-0.15, -0.1) is 0 Å². The van der Waals surface area contributed by atoms with Gasteiger partial charge in [0.25, 0.3) is 0 Å². The fourth-order valence-electron chi connectivity index (χ4n) is 1.63. The summed E-state index contributed by atoms with van der Waals surface area (Å²) in [5.74, 6) is -1.22. The molecule has 0 unspecified atom stereocenters. The van der Waals surface area contributed by atoms with Gasteiger partial charge in [0.05, 0.1) is 0 Å². The fraction of sp³-hybridized carbons (Fsp3) is 0.154. The van der Waals surface area contributed by atoms with Crippen LogP contribution in [0.4, 0.5) is 13.2 Å². The molecular formula is C13H11F3N4O2. The van der Waals surface area contributed by atoms with Gasteiger partial charge in [-0.2, -0.15) is 18.3 Å². The predicted octanol–water partition coefficient (Wildman–Crippen LogP) is 1.92. The number of carbonyl (C=O) groups excluding carboxylic acids is 1. The molecule has 22 heavy (non-hydrogen) atoms. The van der Waals surface area contributed by atoms with Crippen LogP contribution < -0.4 is 5.73 Å². The Labute approximate surface area is 123 Å². The summed E-state index contributed by atoms with van der Waals surface area (Å²) in [6, 6.07) is 9.01. The molecule has 6 nitrogen and oxygen atoms in total. The van der Waals surface area contributed by atoms with Gasteiger partial charge in [0.1, 0.15) is 5.69 Å². The van der Waals surface area contributed by atoms with Crippen molar-refractivity contribution in [1.29, 1.82) is 0 Å². The largest absolute Gasteiger partial charge is 0.433 e. The maximum Gasteiger partial charge on any atom is 0.433 e. The van der Waals surface area contributed by atoms with E-state index in [0.717, 1.165) is 7.05 Å². The molecule has 0 saturated carbocycles. The summed E-state index contributed by atoms with van der Waals surface area (Å²) in [7, 11) is 1.07. The molecule has 0 aliphatic heterocycles. The Kier molecular flexibility index (Phi) is 4.15. The second-order valence-electron chi connectivity index (χ2n) is 4.26. The van der Waals surface area contributed by atoms with Gasteiger partial charge in [0.2, 0.25) is 0 Å². The minimum Gasteiger partial charge on any atom is -0.380 e. The van der Waals surface area contributed by atoms with Crippen LogP contribution in [0.2, 0.25) is 0 Å². The highest BCUT2D eigenvalue weighted by atomic mass is 19.4. The fourth-order valence-corrected chi connectivity index (χ4v) is 1.63. The first-order valence-electron chi connectivity index (χ1n) is 6.00. The number of aryl methyl sites for hydroxylation is 1. The summed E-state index contributed by atoms with van der Waals surface area (Å²) in [6.45, 7) is 0. The van der Waals surface area contributed by atoms with Crippen LogP contribution in [-0.4, -0.2) is 21.6 Å². The van der Waals surface area contributed by atoms with Crippen molar-refractivity contribution in [2.75, 3.05) is 0 Å². The number of hydrogen-bond acceptors (Lipinski definition) is 4. The number of amidine groups is 1. The molecule has 1 heterocycles. The molecule has 0 aliphatic rings. The van der Waals surface area contributed by atoms with E-state index in [0.29, 0.717) is 16.3 Å². The first kappa shape index (κ1) is 15.5. The summed E-state index contributed by atoms with van der Waals surface area (Å²) in [5.41, 5.74) is 4.52. The summed E-state index contributed by atoms with van der Waals surface area (Å²) >= 11 is 0. The molecule has 0 saturated heterocycles. The maximum atomic E-state index is 12.6. The van der Waals surface area contributed by atoms with Crippen molar-refractivity contribution in [3.8, 4) is 0 Å². The summed E-state index contributed by atoms with van der Waals surface area (Å²) in [6.07, 6.45) is -4.62. The molecule has 2 N–H and O–H groups in total. The zero-order chi connectivity index (χ0) is 16.3. The number of hydrogen-bond donors (Lipinski definition) is 1. The van der Waals surface area contributed by atoms with Gasteiger partial charge in [-0.3, -0.25) is 4.68 Å². The van der Waals surface area contributed by atoms with Gasteiger partial charge < -0.3 is 10.6 Å². The molecule has 0 amide bonds. The normalized spacial score (nSPS) is 12.3. The molecule has 0 atom stereocenters. The third kappa shape index (κ3) is 3.43. The summed E-state index contributed by atoms with van der Waals surface area (Å²) in [5, 5.41) is 6.83. The smallest absolute Gasteiger partial charge is 0.380 e. The van der Waals surface area contributed by atoms with Gasteiger partial charge in [0.15, 0.2) is 11.5 Å². The molecule has 0 radical (unpaired) electrons. The standard InChI is InChI=1S/C13H11F3N4O2/c1-20-10(13(14,15)16)7-9(18-20)12(21)22-19-11(17)8-5-3-2-4-6-8/h2-7H,1H3,(H2,17,19). The number of alkyl halides is 3. The van der Waals surface area contributed by atoms with E-state index in [1.165, 1.54) is 0 Å². The molecule has 0 spiro atoms. The Morgan fingerprint density at radius 3 is 2.50 bits per heavy atom. The number of rotatable bonds is 3. The number of nitrogens with two attached hydrogens (primary N) is 1. The Morgan fingerprint density at radius 1 is 1.32 bits per heavy atom. The van der Waals surface area contributed by atoms with Gasteiger partial charge in [-0.05, 0) is 0 Å². The maximum absolute atomic E-state index is 12.6. The van der Waals surface area contributed by atoms with Crippen LogP contribution in [0.15, 0.2) is 41.6 Å². The summed E-state index contributed by atoms with van der Waals surface area (Å²) in [4.78, 5) is 16.2. The number of nitrogens with zero attached hydrogens (tertiary/aromatic N) is 3. The van der Waals surface area contributed by atoms with Crippen LogP contribution in [0.5, 0.6) is 0 Å². The van der Waals surface area contributed by atoms with Crippen molar-refractivity contribution in [2.45, 2.75) is 6.18 Å². The van der Waals surface area contributed by atoms with Crippen molar-refractivity contribution in [2.24, 2.45) is 17.9 Å². The Bertz CT molecular complexity index is 708. The average molecular weight is 312 g/mol. The third-order valence-electron chi connectivity index (χ3n) is 2.68. The van der Waals surface area contributed by atoms with Crippen LogP contribution in [0.3, 0.4) is 0 Å². The highest BCUT2D eigenvalue weighted by Crippen LogP contribution is 2.29. The lowest BCUT2D eigenvalue weighted by Gasteiger charge is -2.04. The van der Waals surface area contributed by atoms with Crippen LogP contribution in [0.25, 0.3) is 0 Å². The van der Waals surface area contributed by atoms with Crippen LogP contribution in [0, 0.1) is 0 Å². The topological polar surface area (TPSA) is 82.5 Å². The molecule has 116 valence electrons. The second-order valence-corrected chi connectivity index (χ2v) is 4.26. The second kappa shape index (κ2) is 5.88. The van der Waals surface area contributed by atoms with Gasteiger partial charge in [0, 0.05) is 18.7 Å². The zero-order valence-electron chi connectivity index (χ0n) is 11.3. The van der Waals surface area contributed by atoms with Crippen molar-refractivity contribution in [3.63, 3.8) is 0 Å². The van der Waals surface area contributed by atoms with Crippen LogP contribution in [-0.2, 0) is 18.1 Å². The SMILES string of the molecule is Cn1nc(C(=O)O/N=C(\N)c2ccccc2)cc1C(F)(F)F. The summed E-state index contributed by atoms with van der Waals surface area (Å²) < 4.78 is 38.3. The molecule has 0 fully saturated rings. The molecule has 1 aromatic heterocycles. The minimum absolute atomic E-state index is 0.0825. The van der Waals surface area contributed by atoms with Crippen molar-refractivity contribution < 1.29 is 22.8 Å². The lowest BCUT2D eigenvalue weighted by Crippen LogP contribution is -2.15. The van der Waals surface area contributed by atoms with Crippen molar-refractivity contribution in [3.05, 3.63) is 53.3 Å². The molecule has 2 rings (SSSR count). The average Bonchev–Trinajstić information content (AvgIpc) is 2.87. The highest BCUT2D eigenvalue weighted by Gasteiger charge is 2.36. The molecule has 2 aromatic rings. The lowest BCUT2D eigenvalue weighted by molar-refractivity contribution is -0.143. The zero-order valence-corrected chi connectivity index (χ0v) is 11.3. The first-order valence-corrected chi connectivity index (χ1v) is 6.00. The Balaban J connectivity index is 2.13. The number of halogens is 3. The number of oxime groups is 1. The molecular weight excluding hydrogens is 301 g/mol. The Hall–Kier alpha value is -2.84. The highest BCUT2D eigenvalue weighted by molar-refractivity contribution is 5.97. The molecule has 9 heteroatoms. The van der Waals surface area contributed by atoms with E-state index in [2.05, 4.69) is 15.1 Å². The van der Waals surface area contributed by atoms with E-state index < -0.39 is 23.5 Å². The third-order valence-corrected chi connectivity index (χ3v) is 2.68. The number of carbonyl (C=O) groups is 1. The lowest BCUT2D eigenvalue weighted by atomic mass is 10.2. The van der Waals surface area contributed by atoms with Crippen LogP contribution >= 0.6 is 0 Å². The number of benzene rings is 1. The Morgan fingerprint density at radius 2 is 1.95 bits per heavy atom.